The van der Waals surface area contributed by atoms with E-state index in [9.17, 15) is 4.79 Å². The molecule has 0 aromatic heterocycles. The van der Waals surface area contributed by atoms with Crippen LogP contribution in [0.25, 0.3) is 0 Å². The maximum Gasteiger partial charge on any atom is 0.227 e. The zero-order chi connectivity index (χ0) is 10.7. The SMILES string of the molecule is CCCc1ccc(NC(=O)C2CC2)cc1. The van der Waals surface area contributed by atoms with Gasteiger partial charge in [0.05, 0.1) is 0 Å². The molecule has 2 nitrogen and oxygen atoms in total. The highest BCUT2D eigenvalue weighted by atomic mass is 16.2. The van der Waals surface area contributed by atoms with Gasteiger partial charge in [-0.05, 0) is 37.0 Å². The highest BCUT2D eigenvalue weighted by Gasteiger charge is 2.29. The minimum Gasteiger partial charge on any atom is -0.326 e. The molecule has 0 radical (unpaired) electrons. The number of nitrogens with one attached hydrogen (secondary N) is 1. The summed E-state index contributed by atoms with van der Waals surface area (Å²) in [4.78, 5) is 11.5. The van der Waals surface area contributed by atoms with Gasteiger partial charge in [0, 0.05) is 11.6 Å². The molecule has 0 bridgehead atoms. The molecule has 1 aromatic carbocycles. The Morgan fingerprint density at radius 2 is 2.00 bits per heavy atom. The summed E-state index contributed by atoms with van der Waals surface area (Å²) in [7, 11) is 0. The monoisotopic (exact) mass is 203 g/mol. The summed E-state index contributed by atoms with van der Waals surface area (Å²) in [6.07, 6.45) is 4.38. The summed E-state index contributed by atoms with van der Waals surface area (Å²) in [6, 6.07) is 8.16. The predicted molar refractivity (Wildman–Crippen MR) is 61.8 cm³/mol. The lowest BCUT2D eigenvalue weighted by molar-refractivity contribution is -0.117. The van der Waals surface area contributed by atoms with Crippen LogP contribution in [0.5, 0.6) is 0 Å². The van der Waals surface area contributed by atoms with Crippen LogP contribution in [0.3, 0.4) is 0 Å². The van der Waals surface area contributed by atoms with Crippen LogP contribution in [-0.2, 0) is 11.2 Å². The van der Waals surface area contributed by atoms with E-state index in [1.165, 1.54) is 5.56 Å². The fourth-order valence-electron chi connectivity index (χ4n) is 1.63. The average Bonchev–Trinajstić information content (AvgIpc) is 3.04. The molecule has 1 aliphatic rings. The number of amides is 1. The standard InChI is InChI=1S/C13H17NO/c1-2-3-10-4-8-12(9-5-10)14-13(15)11-6-7-11/h4-5,8-9,11H,2-3,6-7H2,1H3,(H,14,15). The fourth-order valence-corrected chi connectivity index (χ4v) is 1.63. The number of rotatable bonds is 4. The van der Waals surface area contributed by atoms with Crippen LogP contribution in [0.15, 0.2) is 24.3 Å². The zero-order valence-corrected chi connectivity index (χ0v) is 9.12. The first-order chi connectivity index (χ1) is 7.29. The predicted octanol–water partition coefficient (Wildman–Crippen LogP) is 2.99. The van der Waals surface area contributed by atoms with Gasteiger partial charge in [-0.2, -0.15) is 0 Å². The van der Waals surface area contributed by atoms with Crippen LogP contribution in [0, 0.1) is 5.92 Å². The molecule has 80 valence electrons. The van der Waals surface area contributed by atoms with E-state index >= 15 is 0 Å². The molecule has 1 aliphatic carbocycles. The molecule has 1 fully saturated rings. The Balaban J connectivity index is 1.94. The Labute approximate surface area is 90.7 Å². The lowest BCUT2D eigenvalue weighted by atomic mass is 10.1. The second-order valence-electron chi connectivity index (χ2n) is 4.21. The van der Waals surface area contributed by atoms with E-state index in [2.05, 4.69) is 24.4 Å². The van der Waals surface area contributed by atoms with Crippen LogP contribution in [0.2, 0.25) is 0 Å². The summed E-state index contributed by atoms with van der Waals surface area (Å²) in [5.74, 6) is 0.457. The quantitative estimate of drug-likeness (QED) is 0.800. The van der Waals surface area contributed by atoms with E-state index in [1.807, 2.05) is 12.1 Å². The second-order valence-corrected chi connectivity index (χ2v) is 4.21. The first-order valence-electron chi connectivity index (χ1n) is 5.69. The van der Waals surface area contributed by atoms with Gasteiger partial charge in [0.1, 0.15) is 0 Å². The molecule has 1 N–H and O–H groups in total. The van der Waals surface area contributed by atoms with Crippen molar-refractivity contribution in [3.05, 3.63) is 29.8 Å². The summed E-state index contributed by atoms with van der Waals surface area (Å²) in [5.41, 5.74) is 2.26. The minimum atomic E-state index is 0.179. The Morgan fingerprint density at radius 1 is 1.33 bits per heavy atom. The first-order valence-corrected chi connectivity index (χ1v) is 5.69. The molecule has 0 spiro atoms. The second kappa shape index (κ2) is 4.47. The molecule has 0 heterocycles. The van der Waals surface area contributed by atoms with Gasteiger partial charge in [0.15, 0.2) is 0 Å². The van der Waals surface area contributed by atoms with Crippen molar-refractivity contribution in [3.63, 3.8) is 0 Å². The van der Waals surface area contributed by atoms with Crippen molar-refractivity contribution in [2.45, 2.75) is 32.6 Å². The molecule has 1 saturated carbocycles. The third-order valence-electron chi connectivity index (χ3n) is 2.71. The lowest BCUT2D eigenvalue weighted by Gasteiger charge is -2.05. The van der Waals surface area contributed by atoms with Crippen molar-refractivity contribution in [2.24, 2.45) is 5.92 Å². The maximum atomic E-state index is 11.5. The van der Waals surface area contributed by atoms with Gasteiger partial charge >= 0.3 is 0 Å². The Bertz CT molecular complexity index is 338. The molecule has 0 saturated heterocycles. The number of carbonyl (C=O) groups is 1. The molecule has 2 rings (SSSR count). The average molecular weight is 203 g/mol. The van der Waals surface area contributed by atoms with Crippen molar-refractivity contribution in [1.29, 1.82) is 0 Å². The zero-order valence-electron chi connectivity index (χ0n) is 9.12. The Hall–Kier alpha value is -1.31. The Morgan fingerprint density at radius 3 is 2.53 bits per heavy atom. The highest BCUT2D eigenvalue weighted by Crippen LogP contribution is 2.30. The number of anilines is 1. The topological polar surface area (TPSA) is 29.1 Å². The van der Waals surface area contributed by atoms with Crippen LogP contribution in [-0.4, -0.2) is 5.91 Å². The van der Waals surface area contributed by atoms with Gasteiger partial charge in [-0.3, -0.25) is 4.79 Å². The largest absolute Gasteiger partial charge is 0.326 e. The van der Waals surface area contributed by atoms with E-state index in [0.717, 1.165) is 31.4 Å². The number of carbonyl (C=O) groups excluding carboxylic acids is 1. The molecule has 0 unspecified atom stereocenters. The molecule has 1 aromatic rings. The highest BCUT2D eigenvalue weighted by molar-refractivity contribution is 5.93. The third-order valence-corrected chi connectivity index (χ3v) is 2.71. The van der Waals surface area contributed by atoms with Crippen LogP contribution >= 0.6 is 0 Å². The van der Waals surface area contributed by atoms with Crippen molar-refractivity contribution < 1.29 is 4.79 Å². The van der Waals surface area contributed by atoms with Gasteiger partial charge < -0.3 is 5.32 Å². The van der Waals surface area contributed by atoms with E-state index in [-0.39, 0.29) is 11.8 Å². The number of hydrogen-bond acceptors (Lipinski definition) is 1. The first kappa shape index (κ1) is 10.2. The Kier molecular flexibility index (Phi) is 3.05. The fraction of sp³-hybridized carbons (Fsp3) is 0.462. The summed E-state index contributed by atoms with van der Waals surface area (Å²) < 4.78 is 0. The third kappa shape index (κ3) is 2.82. The van der Waals surface area contributed by atoms with Crippen molar-refractivity contribution in [3.8, 4) is 0 Å². The molecule has 1 amide bonds. The van der Waals surface area contributed by atoms with Gasteiger partial charge in [-0.25, -0.2) is 0 Å². The van der Waals surface area contributed by atoms with Gasteiger partial charge in [0.2, 0.25) is 5.91 Å². The molecule has 15 heavy (non-hydrogen) atoms. The lowest BCUT2D eigenvalue weighted by Crippen LogP contribution is -2.13. The molecular formula is C13H17NO. The molecule has 0 atom stereocenters. The van der Waals surface area contributed by atoms with Gasteiger partial charge in [-0.1, -0.05) is 25.5 Å². The van der Waals surface area contributed by atoms with E-state index in [4.69, 9.17) is 0 Å². The summed E-state index contributed by atoms with van der Waals surface area (Å²) in [5, 5.41) is 2.93. The van der Waals surface area contributed by atoms with E-state index in [0.29, 0.717) is 0 Å². The van der Waals surface area contributed by atoms with Crippen LogP contribution in [0.4, 0.5) is 5.69 Å². The summed E-state index contributed by atoms with van der Waals surface area (Å²) >= 11 is 0. The smallest absolute Gasteiger partial charge is 0.227 e. The summed E-state index contributed by atoms with van der Waals surface area (Å²) in [6.45, 7) is 2.17. The number of hydrogen-bond donors (Lipinski definition) is 1. The maximum absolute atomic E-state index is 11.5. The van der Waals surface area contributed by atoms with E-state index in [1.54, 1.807) is 0 Å². The molecular weight excluding hydrogens is 186 g/mol. The van der Waals surface area contributed by atoms with Gasteiger partial charge in [0.25, 0.3) is 0 Å². The molecule has 0 aliphatic heterocycles. The van der Waals surface area contributed by atoms with Crippen LogP contribution in [0.1, 0.15) is 31.7 Å². The normalized spacial score (nSPS) is 15.0. The number of aryl methyl sites for hydroxylation is 1. The van der Waals surface area contributed by atoms with Crippen molar-refractivity contribution in [2.75, 3.05) is 5.32 Å². The van der Waals surface area contributed by atoms with E-state index < -0.39 is 0 Å². The van der Waals surface area contributed by atoms with Crippen molar-refractivity contribution >= 4 is 11.6 Å². The van der Waals surface area contributed by atoms with Crippen molar-refractivity contribution in [1.82, 2.24) is 0 Å². The minimum absolute atomic E-state index is 0.179. The number of benzene rings is 1. The van der Waals surface area contributed by atoms with Crippen LogP contribution < -0.4 is 5.32 Å². The molecule has 2 heteroatoms. The van der Waals surface area contributed by atoms with Gasteiger partial charge in [-0.15, -0.1) is 0 Å².